The number of amides is 1. The van der Waals surface area contributed by atoms with Crippen LogP contribution in [0.5, 0.6) is 0 Å². The standard InChI is InChI=1S/C14H18N4O/c1-10-3-5-11(6-4-10)7-13(19)16-14-12(8-15)9-18(2)17-14/h3-6,9H,7-8,15H2,1-2H3,(H,16,17,19). The van der Waals surface area contributed by atoms with E-state index in [-0.39, 0.29) is 5.91 Å². The molecule has 1 aromatic heterocycles. The van der Waals surface area contributed by atoms with Crippen molar-refractivity contribution in [3.05, 3.63) is 47.2 Å². The molecule has 0 aliphatic heterocycles. The molecule has 3 N–H and O–H groups in total. The van der Waals surface area contributed by atoms with Gasteiger partial charge in [0.15, 0.2) is 5.82 Å². The van der Waals surface area contributed by atoms with Crippen LogP contribution in [0.1, 0.15) is 16.7 Å². The second kappa shape index (κ2) is 5.67. The van der Waals surface area contributed by atoms with Gasteiger partial charge in [0.25, 0.3) is 0 Å². The van der Waals surface area contributed by atoms with Crippen molar-refractivity contribution in [3.8, 4) is 0 Å². The lowest BCUT2D eigenvalue weighted by Crippen LogP contribution is -2.16. The third-order valence-corrected chi connectivity index (χ3v) is 2.87. The van der Waals surface area contributed by atoms with Crippen molar-refractivity contribution in [1.82, 2.24) is 9.78 Å². The highest BCUT2D eigenvalue weighted by Crippen LogP contribution is 2.12. The second-order valence-electron chi connectivity index (χ2n) is 4.59. The van der Waals surface area contributed by atoms with Gasteiger partial charge < -0.3 is 11.1 Å². The van der Waals surface area contributed by atoms with Crippen molar-refractivity contribution < 1.29 is 4.79 Å². The molecule has 0 aliphatic carbocycles. The molecule has 5 heteroatoms. The molecule has 2 aromatic rings. The minimum absolute atomic E-state index is 0.0859. The maximum atomic E-state index is 11.9. The van der Waals surface area contributed by atoms with Crippen LogP contribution in [0.2, 0.25) is 0 Å². The highest BCUT2D eigenvalue weighted by atomic mass is 16.1. The van der Waals surface area contributed by atoms with Crippen LogP contribution in [-0.2, 0) is 24.8 Å². The van der Waals surface area contributed by atoms with Gasteiger partial charge in [-0.25, -0.2) is 0 Å². The molecule has 5 nitrogen and oxygen atoms in total. The summed E-state index contributed by atoms with van der Waals surface area (Å²) in [5.41, 5.74) is 8.60. The summed E-state index contributed by atoms with van der Waals surface area (Å²) in [5.74, 6) is 0.458. The summed E-state index contributed by atoms with van der Waals surface area (Å²) in [5, 5.41) is 6.98. The van der Waals surface area contributed by atoms with Crippen LogP contribution < -0.4 is 11.1 Å². The van der Waals surface area contributed by atoms with E-state index in [2.05, 4.69) is 10.4 Å². The van der Waals surface area contributed by atoms with Gasteiger partial charge in [0.1, 0.15) is 0 Å². The van der Waals surface area contributed by atoms with E-state index >= 15 is 0 Å². The fourth-order valence-electron chi connectivity index (χ4n) is 1.86. The van der Waals surface area contributed by atoms with Crippen molar-refractivity contribution in [2.75, 3.05) is 5.32 Å². The van der Waals surface area contributed by atoms with E-state index in [9.17, 15) is 4.79 Å². The monoisotopic (exact) mass is 258 g/mol. The average molecular weight is 258 g/mol. The molecule has 0 fully saturated rings. The lowest BCUT2D eigenvalue weighted by Gasteiger charge is -2.04. The molecule has 1 aromatic carbocycles. The van der Waals surface area contributed by atoms with Gasteiger partial charge in [-0.3, -0.25) is 9.48 Å². The molecule has 0 saturated heterocycles. The molecule has 0 radical (unpaired) electrons. The van der Waals surface area contributed by atoms with E-state index < -0.39 is 0 Å². The molecule has 19 heavy (non-hydrogen) atoms. The number of nitrogens with one attached hydrogen (secondary N) is 1. The van der Waals surface area contributed by atoms with Crippen LogP contribution in [0.3, 0.4) is 0 Å². The Kier molecular flexibility index (Phi) is 3.97. The maximum Gasteiger partial charge on any atom is 0.230 e. The third kappa shape index (κ3) is 3.42. The summed E-state index contributed by atoms with van der Waals surface area (Å²) in [6.45, 7) is 2.37. The SMILES string of the molecule is Cc1ccc(CC(=O)Nc2nn(C)cc2CN)cc1. The van der Waals surface area contributed by atoms with E-state index in [4.69, 9.17) is 5.73 Å². The average Bonchev–Trinajstić information content (AvgIpc) is 2.72. The number of aromatic nitrogens is 2. The van der Waals surface area contributed by atoms with Gasteiger partial charge in [-0.1, -0.05) is 29.8 Å². The number of carbonyl (C=O) groups excluding carboxylic acids is 1. The van der Waals surface area contributed by atoms with Gasteiger partial charge >= 0.3 is 0 Å². The predicted octanol–water partition coefficient (Wildman–Crippen LogP) is 1.37. The minimum atomic E-state index is -0.0859. The van der Waals surface area contributed by atoms with Crippen molar-refractivity contribution in [3.63, 3.8) is 0 Å². The Balaban J connectivity index is 2.03. The van der Waals surface area contributed by atoms with Gasteiger partial charge in [0.05, 0.1) is 6.42 Å². The number of aryl methyl sites for hydroxylation is 2. The quantitative estimate of drug-likeness (QED) is 0.870. The number of benzene rings is 1. The van der Waals surface area contributed by atoms with E-state index in [0.717, 1.165) is 11.1 Å². The Labute approximate surface area is 112 Å². The van der Waals surface area contributed by atoms with Crippen LogP contribution in [0.25, 0.3) is 0 Å². The summed E-state index contributed by atoms with van der Waals surface area (Å²) in [6, 6.07) is 7.90. The fourth-order valence-corrected chi connectivity index (χ4v) is 1.86. The number of nitrogens with two attached hydrogens (primary N) is 1. The number of hydrogen-bond donors (Lipinski definition) is 2. The Hall–Kier alpha value is -2.14. The zero-order valence-electron chi connectivity index (χ0n) is 11.2. The fraction of sp³-hybridized carbons (Fsp3) is 0.286. The number of rotatable bonds is 4. The van der Waals surface area contributed by atoms with Crippen LogP contribution >= 0.6 is 0 Å². The lowest BCUT2D eigenvalue weighted by molar-refractivity contribution is -0.115. The molecular weight excluding hydrogens is 240 g/mol. The van der Waals surface area contributed by atoms with E-state index in [0.29, 0.717) is 18.8 Å². The Bertz CT molecular complexity index is 572. The van der Waals surface area contributed by atoms with Crippen molar-refractivity contribution in [2.24, 2.45) is 12.8 Å². The summed E-state index contributed by atoms with van der Waals surface area (Å²) in [4.78, 5) is 11.9. The summed E-state index contributed by atoms with van der Waals surface area (Å²) in [6.07, 6.45) is 2.14. The van der Waals surface area contributed by atoms with Gasteiger partial charge in [-0.15, -0.1) is 0 Å². The first-order chi connectivity index (χ1) is 9.08. The van der Waals surface area contributed by atoms with Crippen molar-refractivity contribution >= 4 is 11.7 Å². The van der Waals surface area contributed by atoms with Crippen LogP contribution in [0.4, 0.5) is 5.82 Å². The van der Waals surface area contributed by atoms with Gasteiger partial charge in [0.2, 0.25) is 5.91 Å². The minimum Gasteiger partial charge on any atom is -0.326 e. The van der Waals surface area contributed by atoms with Crippen LogP contribution in [0, 0.1) is 6.92 Å². The molecular formula is C14H18N4O. The Morgan fingerprint density at radius 2 is 2.05 bits per heavy atom. The molecule has 1 amide bonds. The summed E-state index contributed by atoms with van der Waals surface area (Å²) in [7, 11) is 1.80. The predicted molar refractivity (Wildman–Crippen MR) is 74.6 cm³/mol. The highest BCUT2D eigenvalue weighted by molar-refractivity contribution is 5.91. The molecule has 0 atom stereocenters. The number of hydrogen-bond acceptors (Lipinski definition) is 3. The summed E-state index contributed by atoms with van der Waals surface area (Å²) < 4.78 is 1.64. The maximum absolute atomic E-state index is 11.9. The van der Waals surface area contributed by atoms with E-state index in [1.807, 2.05) is 37.4 Å². The molecule has 100 valence electrons. The first-order valence-electron chi connectivity index (χ1n) is 6.16. The zero-order chi connectivity index (χ0) is 13.8. The largest absolute Gasteiger partial charge is 0.326 e. The first-order valence-corrected chi connectivity index (χ1v) is 6.16. The number of anilines is 1. The Morgan fingerprint density at radius 1 is 1.37 bits per heavy atom. The molecule has 0 aliphatic rings. The molecule has 0 bridgehead atoms. The number of carbonyl (C=O) groups is 1. The van der Waals surface area contributed by atoms with Crippen molar-refractivity contribution in [2.45, 2.75) is 19.9 Å². The van der Waals surface area contributed by atoms with E-state index in [1.165, 1.54) is 5.56 Å². The topological polar surface area (TPSA) is 72.9 Å². The zero-order valence-corrected chi connectivity index (χ0v) is 11.2. The number of nitrogens with zero attached hydrogens (tertiary/aromatic N) is 2. The van der Waals surface area contributed by atoms with Crippen molar-refractivity contribution in [1.29, 1.82) is 0 Å². The van der Waals surface area contributed by atoms with Crippen LogP contribution in [-0.4, -0.2) is 15.7 Å². The van der Waals surface area contributed by atoms with Gasteiger partial charge in [0, 0.05) is 25.4 Å². The third-order valence-electron chi connectivity index (χ3n) is 2.87. The highest BCUT2D eigenvalue weighted by Gasteiger charge is 2.10. The molecule has 2 rings (SSSR count). The van der Waals surface area contributed by atoms with E-state index in [1.54, 1.807) is 11.7 Å². The van der Waals surface area contributed by atoms with Crippen LogP contribution in [0.15, 0.2) is 30.5 Å². The molecule has 0 unspecified atom stereocenters. The lowest BCUT2D eigenvalue weighted by atomic mass is 10.1. The summed E-state index contributed by atoms with van der Waals surface area (Å²) >= 11 is 0. The Morgan fingerprint density at radius 3 is 2.68 bits per heavy atom. The second-order valence-corrected chi connectivity index (χ2v) is 4.59. The molecule has 0 saturated carbocycles. The molecule has 0 spiro atoms. The first kappa shape index (κ1) is 13.3. The van der Waals surface area contributed by atoms with Gasteiger partial charge in [-0.05, 0) is 12.5 Å². The molecule has 1 heterocycles. The van der Waals surface area contributed by atoms with Gasteiger partial charge in [-0.2, -0.15) is 5.10 Å². The smallest absolute Gasteiger partial charge is 0.230 e. The normalized spacial score (nSPS) is 10.5.